The SMILES string of the molecule is CCOC(=O)CCN(C)C(=O)c1ccc2c(c1)nc(C)n2C. The summed E-state index contributed by atoms with van der Waals surface area (Å²) in [5, 5.41) is 0. The molecule has 0 radical (unpaired) electrons. The van der Waals surface area contributed by atoms with Crippen molar-refractivity contribution in [3.8, 4) is 0 Å². The summed E-state index contributed by atoms with van der Waals surface area (Å²) >= 11 is 0. The van der Waals surface area contributed by atoms with Crippen LogP contribution in [0.2, 0.25) is 0 Å². The van der Waals surface area contributed by atoms with Gasteiger partial charge in [-0.3, -0.25) is 9.59 Å². The molecule has 6 heteroatoms. The van der Waals surface area contributed by atoms with Crippen molar-refractivity contribution in [3.63, 3.8) is 0 Å². The molecule has 0 N–H and O–H groups in total. The Kier molecular flexibility index (Phi) is 4.80. The maximum absolute atomic E-state index is 12.4. The summed E-state index contributed by atoms with van der Waals surface area (Å²) in [5.74, 6) is 0.475. The average Bonchev–Trinajstić information content (AvgIpc) is 2.78. The molecule has 0 saturated heterocycles. The summed E-state index contributed by atoms with van der Waals surface area (Å²) in [6.07, 6.45) is 0.195. The number of hydrogen-bond donors (Lipinski definition) is 0. The Hall–Kier alpha value is -2.37. The van der Waals surface area contributed by atoms with Gasteiger partial charge in [0.15, 0.2) is 0 Å². The zero-order chi connectivity index (χ0) is 16.3. The Bertz CT molecular complexity index is 706. The van der Waals surface area contributed by atoms with Crippen LogP contribution in [-0.2, 0) is 16.6 Å². The molecule has 0 fully saturated rings. The van der Waals surface area contributed by atoms with E-state index in [4.69, 9.17) is 4.74 Å². The van der Waals surface area contributed by atoms with Gasteiger partial charge in [-0.05, 0) is 32.0 Å². The van der Waals surface area contributed by atoms with Crippen LogP contribution in [-0.4, -0.2) is 46.5 Å². The van der Waals surface area contributed by atoms with Crippen molar-refractivity contribution in [3.05, 3.63) is 29.6 Å². The second-order valence-electron chi connectivity index (χ2n) is 5.20. The Morgan fingerprint density at radius 1 is 1.36 bits per heavy atom. The van der Waals surface area contributed by atoms with Crippen molar-refractivity contribution in [1.82, 2.24) is 14.5 Å². The highest BCUT2D eigenvalue weighted by molar-refractivity contribution is 5.97. The predicted molar refractivity (Wildman–Crippen MR) is 83.7 cm³/mol. The average molecular weight is 303 g/mol. The van der Waals surface area contributed by atoms with E-state index in [0.29, 0.717) is 18.7 Å². The number of hydrogen-bond acceptors (Lipinski definition) is 4. The first-order valence-corrected chi connectivity index (χ1v) is 7.28. The maximum atomic E-state index is 12.4. The lowest BCUT2D eigenvalue weighted by Crippen LogP contribution is -2.29. The largest absolute Gasteiger partial charge is 0.466 e. The van der Waals surface area contributed by atoms with Crippen LogP contribution in [0.15, 0.2) is 18.2 Å². The molecule has 1 aromatic heterocycles. The third-order valence-corrected chi connectivity index (χ3v) is 3.65. The molecule has 0 aliphatic heterocycles. The Morgan fingerprint density at radius 2 is 2.09 bits per heavy atom. The Labute approximate surface area is 129 Å². The molecule has 2 rings (SSSR count). The molecule has 0 aliphatic carbocycles. The molecule has 2 aromatic rings. The lowest BCUT2D eigenvalue weighted by atomic mass is 10.1. The van der Waals surface area contributed by atoms with Gasteiger partial charge in [0.1, 0.15) is 5.82 Å². The van der Waals surface area contributed by atoms with E-state index in [2.05, 4.69) is 4.98 Å². The molecule has 0 unspecified atom stereocenters. The standard InChI is InChI=1S/C16H21N3O3/c1-5-22-15(20)8-9-18(3)16(21)12-6-7-14-13(10-12)17-11(2)19(14)4/h6-7,10H,5,8-9H2,1-4H3. The summed E-state index contributed by atoms with van der Waals surface area (Å²) in [6, 6.07) is 5.46. The molecule has 0 bridgehead atoms. The van der Waals surface area contributed by atoms with Crippen LogP contribution in [0.3, 0.4) is 0 Å². The van der Waals surface area contributed by atoms with Gasteiger partial charge >= 0.3 is 5.97 Å². The lowest BCUT2D eigenvalue weighted by Gasteiger charge is -2.16. The summed E-state index contributed by atoms with van der Waals surface area (Å²) in [6.45, 7) is 4.37. The normalized spacial score (nSPS) is 10.7. The monoisotopic (exact) mass is 303 g/mol. The zero-order valence-corrected chi connectivity index (χ0v) is 13.4. The van der Waals surface area contributed by atoms with Gasteiger partial charge in [0.2, 0.25) is 0 Å². The van der Waals surface area contributed by atoms with Gasteiger partial charge in [0.25, 0.3) is 5.91 Å². The minimum atomic E-state index is -0.294. The predicted octanol–water partition coefficient (Wildman–Crippen LogP) is 1.91. The highest BCUT2D eigenvalue weighted by Crippen LogP contribution is 2.17. The fourth-order valence-corrected chi connectivity index (χ4v) is 2.27. The van der Waals surface area contributed by atoms with E-state index in [0.717, 1.165) is 16.9 Å². The van der Waals surface area contributed by atoms with E-state index >= 15 is 0 Å². The molecule has 22 heavy (non-hydrogen) atoms. The van der Waals surface area contributed by atoms with Crippen molar-refractivity contribution in [2.75, 3.05) is 20.2 Å². The first-order valence-electron chi connectivity index (χ1n) is 7.28. The number of carbonyl (C=O) groups excluding carboxylic acids is 2. The molecule has 1 amide bonds. The zero-order valence-electron chi connectivity index (χ0n) is 13.4. The maximum Gasteiger partial charge on any atom is 0.307 e. The van der Waals surface area contributed by atoms with Crippen molar-refractivity contribution >= 4 is 22.9 Å². The molecular weight excluding hydrogens is 282 g/mol. The van der Waals surface area contributed by atoms with E-state index in [1.54, 1.807) is 26.1 Å². The first kappa shape index (κ1) is 16.0. The molecule has 0 aliphatic rings. The van der Waals surface area contributed by atoms with E-state index in [-0.39, 0.29) is 18.3 Å². The van der Waals surface area contributed by atoms with E-state index in [1.807, 2.05) is 24.6 Å². The van der Waals surface area contributed by atoms with Crippen LogP contribution in [0.25, 0.3) is 11.0 Å². The number of esters is 1. The molecule has 1 aromatic carbocycles. The Morgan fingerprint density at radius 3 is 2.77 bits per heavy atom. The van der Waals surface area contributed by atoms with Gasteiger partial charge in [-0.25, -0.2) is 4.98 Å². The summed E-state index contributed by atoms with van der Waals surface area (Å²) < 4.78 is 6.84. The van der Waals surface area contributed by atoms with Crippen LogP contribution < -0.4 is 0 Å². The number of aromatic nitrogens is 2. The number of ether oxygens (including phenoxy) is 1. The van der Waals surface area contributed by atoms with Crippen molar-refractivity contribution in [2.24, 2.45) is 7.05 Å². The fourth-order valence-electron chi connectivity index (χ4n) is 2.27. The highest BCUT2D eigenvalue weighted by Gasteiger charge is 2.15. The van der Waals surface area contributed by atoms with Gasteiger partial charge in [0, 0.05) is 26.2 Å². The number of fused-ring (bicyclic) bond motifs is 1. The van der Waals surface area contributed by atoms with Crippen LogP contribution >= 0.6 is 0 Å². The van der Waals surface area contributed by atoms with Gasteiger partial charge in [0.05, 0.1) is 24.1 Å². The topological polar surface area (TPSA) is 64.4 Å². The van der Waals surface area contributed by atoms with E-state index < -0.39 is 0 Å². The number of benzene rings is 1. The summed E-state index contributed by atoms with van der Waals surface area (Å²) in [4.78, 5) is 29.7. The number of amides is 1. The molecular formula is C16H21N3O3. The Balaban J connectivity index is 2.10. The first-order chi connectivity index (χ1) is 10.4. The van der Waals surface area contributed by atoms with Crippen LogP contribution in [0, 0.1) is 6.92 Å². The summed E-state index contributed by atoms with van der Waals surface area (Å²) in [5.41, 5.74) is 2.35. The van der Waals surface area contributed by atoms with E-state index in [1.165, 1.54) is 4.90 Å². The van der Waals surface area contributed by atoms with E-state index in [9.17, 15) is 9.59 Å². The minimum absolute atomic E-state index is 0.130. The number of nitrogens with zero attached hydrogens (tertiary/aromatic N) is 3. The minimum Gasteiger partial charge on any atom is -0.466 e. The molecule has 6 nitrogen and oxygen atoms in total. The second-order valence-corrected chi connectivity index (χ2v) is 5.20. The quantitative estimate of drug-likeness (QED) is 0.791. The van der Waals surface area contributed by atoms with Crippen LogP contribution in [0.1, 0.15) is 29.5 Å². The molecule has 118 valence electrons. The number of imidazole rings is 1. The van der Waals surface area contributed by atoms with Crippen LogP contribution in [0.5, 0.6) is 0 Å². The number of rotatable bonds is 5. The molecule has 0 atom stereocenters. The highest BCUT2D eigenvalue weighted by atomic mass is 16.5. The van der Waals surface area contributed by atoms with Gasteiger partial charge in [-0.1, -0.05) is 0 Å². The lowest BCUT2D eigenvalue weighted by molar-refractivity contribution is -0.143. The number of carbonyl (C=O) groups is 2. The number of aryl methyl sites for hydroxylation is 2. The van der Waals surface area contributed by atoms with Gasteiger partial charge in [-0.2, -0.15) is 0 Å². The van der Waals surface area contributed by atoms with Crippen molar-refractivity contribution in [2.45, 2.75) is 20.3 Å². The third kappa shape index (κ3) is 3.27. The second kappa shape index (κ2) is 6.60. The summed E-state index contributed by atoms with van der Waals surface area (Å²) in [7, 11) is 3.62. The van der Waals surface area contributed by atoms with Gasteiger partial charge in [-0.15, -0.1) is 0 Å². The van der Waals surface area contributed by atoms with Crippen molar-refractivity contribution in [1.29, 1.82) is 0 Å². The smallest absolute Gasteiger partial charge is 0.307 e. The molecule has 0 spiro atoms. The van der Waals surface area contributed by atoms with Crippen molar-refractivity contribution < 1.29 is 14.3 Å². The van der Waals surface area contributed by atoms with Gasteiger partial charge < -0.3 is 14.2 Å². The molecule has 1 heterocycles. The van der Waals surface area contributed by atoms with Crippen LogP contribution in [0.4, 0.5) is 0 Å². The fraction of sp³-hybridized carbons (Fsp3) is 0.438. The third-order valence-electron chi connectivity index (χ3n) is 3.65. The molecule has 0 saturated carbocycles.